The highest BCUT2D eigenvalue weighted by Crippen LogP contribution is 2.20. The van der Waals surface area contributed by atoms with Crippen LogP contribution in [0.1, 0.15) is 16.2 Å². The summed E-state index contributed by atoms with van der Waals surface area (Å²) < 4.78 is 52.0. The van der Waals surface area contributed by atoms with Crippen LogP contribution in [-0.4, -0.2) is 33.6 Å². The van der Waals surface area contributed by atoms with E-state index in [1.165, 1.54) is 31.6 Å². The van der Waals surface area contributed by atoms with Crippen molar-refractivity contribution in [3.05, 3.63) is 52.8 Å². The van der Waals surface area contributed by atoms with Gasteiger partial charge in [0.05, 0.1) is 12.1 Å². The first-order chi connectivity index (χ1) is 10.7. The van der Waals surface area contributed by atoms with E-state index in [2.05, 4.69) is 4.98 Å². The minimum atomic E-state index is -4.40. The number of aromatic nitrogens is 2. The molecule has 2 aromatic rings. The van der Waals surface area contributed by atoms with Gasteiger partial charge >= 0.3 is 6.18 Å². The van der Waals surface area contributed by atoms with E-state index in [-0.39, 0.29) is 23.0 Å². The van der Waals surface area contributed by atoms with Crippen LogP contribution in [0.4, 0.5) is 17.6 Å². The van der Waals surface area contributed by atoms with Gasteiger partial charge < -0.3 is 9.47 Å². The van der Waals surface area contributed by atoms with Crippen LogP contribution in [0.15, 0.2) is 30.6 Å². The van der Waals surface area contributed by atoms with E-state index < -0.39 is 24.4 Å². The van der Waals surface area contributed by atoms with Crippen molar-refractivity contribution in [1.29, 1.82) is 0 Å². The molecule has 1 heterocycles. The van der Waals surface area contributed by atoms with E-state index in [4.69, 9.17) is 11.6 Å². The van der Waals surface area contributed by atoms with Crippen molar-refractivity contribution in [2.24, 2.45) is 0 Å². The number of alkyl halides is 3. The summed E-state index contributed by atoms with van der Waals surface area (Å²) in [6, 6.07) is 3.57. The summed E-state index contributed by atoms with van der Waals surface area (Å²) in [4.78, 5) is 17.1. The molecule has 0 saturated carbocycles. The van der Waals surface area contributed by atoms with Crippen molar-refractivity contribution in [3.63, 3.8) is 0 Å². The fourth-order valence-corrected chi connectivity index (χ4v) is 2.14. The third kappa shape index (κ3) is 4.44. The first kappa shape index (κ1) is 17.3. The van der Waals surface area contributed by atoms with Crippen LogP contribution in [0, 0.1) is 5.82 Å². The molecule has 0 aliphatic heterocycles. The Morgan fingerprint density at radius 3 is 2.70 bits per heavy atom. The van der Waals surface area contributed by atoms with Crippen LogP contribution in [0.25, 0.3) is 0 Å². The monoisotopic (exact) mass is 349 g/mol. The highest BCUT2D eigenvalue weighted by Gasteiger charge is 2.29. The van der Waals surface area contributed by atoms with Crippen LogP contribution < -0.4 is 0 Å². The molecule has 9 heteroatoms. The number of hydrogen-bond acceptors (Lipinski definition) is 2. The second-order valence-corrected chi connectivity index (χ2v) is 5.31. The maximum Gasteiger partial charge on any atom is 0.406 e. The standard InChI is InChI=1S/C14H12ClF4N3O/c1-21(13(23)10-3-2-9(15)6-11(10)16)7-12-20-4-5-22(12)8-14(17,18)19/h2-6H,7-8H2,1H3. The van der Waals surface area contributed by atoms with E-state index in [1.54, 1.807) is 0 Å². The molecule has 0 aliphatic rings. The second kappa shape index (κ2) is 6.57. The number of nitrogens with zero attached hydrogens (tertiary/aromatic N) is 3. The summed E-state index contributed by atoms with van der Waals surface area (Å²) in [7, 11) is 1.35. The molecule has 0 N–H and O–H groups in total. The molecule has 0 fully saturated rings. The summed E-state index contributed by atoms with van der Waals surface area (Å²) in [5.74, 6) is -1.43. The minimum absolute atomic E-state index is 0.0487. The molecule has 0 saturated heterocycles. The van der Waals surface area contributed by atoms with Gasteiger partial charge in [-0.3, -0.25) is 4.79 Å². The number of imidazole rings is 1. The van der Waals surface area contributed by atoms with Crippen LogP contribution >= 0.6 is 11.6 Å². The Balaban J connectivity index is 2.14. The quantitative estimate of drug-likeness (QED) is 0.792. The molecular formula is C14H12ClF4N3O. The predicted octanol–water partition coefficient (Wildman–Crippen LogP) is 3.51. The zero-order chi connectivity index (χ0) is 17.2. The average molecular weight is 350 g/mol. The van der Waals surface area contributed by atoms with Crippen LogP contribution in [0.3, 0.4) is 0 Å². The topological polar surface area (TPSA) is 38.1 Å². The van der Waals surface area contributed by atoms with Crippen molar-refractivity contribution >= 4 is 17.5 Å². The van der Waals surface area contributed by atoms with E-state index in [9.17, 15) is 22.4 Å². The minimum Gasteiger partial charge on any atom is -0.334 e. The first-order valence-corrected chi connectivity index (χ1v) is 6.82. The molecule has 1 aromatic carbocycles. The van der Waals surface area contributed by atoms with Crippen molar-refractivity contribution < 1.29 is 22.4 Å². The summed E-state index contributed by atoms with van der Waals surface area (Å²) in [6.07, 6.45) is -2.02. The molecule has 0 bridgehead atoms. The number of benzene rings is 1. The van der Waals surface area contributed by atoms with Gasteiger partial charge in [-0.15, -0.1) is 0 Å². The van der Waals surface area contributed by atoms with Crippen molar-refractivity contribution in [2.45, 2.75) is 19.3 Å². The molecule has 2 rings (SSSR count). The Bertz CT molecular complexity index is 714. The molecule has 4 nitrogen and oxygen atoms in total. The fourth-order valence-electron chi connectivity index (χ4n) is 1.98. The smallest absolute Gasteiger partial charge is 0.334 e. The Morgan fingerprint density at radius 2 is 2.09 bits per heavy atom. The van der Waals surface area contributed by atoms with Gasteiger partial charge in [0.2, 0.25) is 0 Å². The van der Waals surface area contributed by atoms with Crippen molar-refractivity contribution in [2.75, 3.05) is 7.05 Å². The summed E-state index contributed by atoms with van der Waals surface area (Å²) in [5.41, 5.74) is -0.217. The van der Waals surface area contributed by atoms with Gasteiger partial charge in [-0.25, -0.2) is 9.37 Å². The zero-order valence-corrected chi connectivity index (χ0v) is 12.7. The molecule has 0 unspecified atom stereocenters. The third-order valence-corrected chi connectivity index (χ3v) is 3.27. The van der Waals surface area contributed by atoms with E-state index in [0.29, 0.717) is 0 Å². The maximum atomic E-state index is 13.7. The highest BCUT2D eigenvalue weighted by molar-refractivity contribution is 6.30. The van der Waals surface area contributed by atoms with Crippen LogP contribution in [-0.2, 0) is 13.1 Å². The largest absolute Gasteiger partial charge is 0.406 e. The fraction of sp³-hybridized carbons (Fsp3) is 0.286. The van der Waals surface area contributed by atoms with Gasteiger partial charge in [0, 0.05) is 24.5 Å². The Labute approximate surface area is 134 Å². The SMILES string of the molecule is CN(Cc1nccn1CC(F)(F)F)C(=O)c1ccc(Cl)cc1F. The molecule has 1 aromatic heterocycles. The number of amides is 1. The lowest BCUT2D eigenvalue weighted by Gasteiger charge is -2.18. The third-order valence-electron chi connectivity index (χ3n) is 3.04. The van der Waals surface area contributed by atoms with Gasteiger partial charge in [-0.05, 0) is 18.2 Å². The maximum absolute atomic E-state index is 13.7. The molecule has 0 spiro atoms. The lowest BCUT2D eigenvalue weighted by Crippen LogP contribution is -2.29. The van der Waals surface area contributed by atoms with Crippen molar-refractivity contribution in [3.8, 4) is 0 Å². The summed E-state index contributed by atoms with van der Waals surface area (Å²) in [5, 5.41) is 0.141. The van der Waals surface area contributed by atoms with Crippen LogP contribution in [0.2, 0.25) is 5.02 Å². The predicted molar refractivity (Wildman–Crippen MR) is 75.5 cm³/mol. The number of halogens is 5. The number of rotatable bonds is 4. The number of carbonyl (C=O) groups is 1. The highest BCUT2D eigenvalue weighted by atomic mass is 35.5. The van der Waals surface area contributed by atoms with Gasteiger partial charge in [-0.2, -0.15) is 13.2 Å². The zero-order valence-electron chi connectivity index (χ0n) is 11.9. The first-order valence-electron chi connectivity index (χ1n) is 6.44. The molecule has 0 aliphatic carbocycles. The average Bonchev–Trinajstić information content (AvgIpc) is 2.83. The van der Waals surface area contributed by atoms with E-state index >= 15 is 0 Å². The molecule has 1 amide bonds. The normalized spacial score (nSPS) is 11.6. The van der Waals surface area contributed by atoms with E-state index in [0.717, 1.165) is 15.5 Å². The number of hydrogen-bond donors (Lipinski definition) is 0. The van der Waals surface area contributed by atoms with Gasteiger partial charge in [0.25, 0.3) is 5.91 Å². The Morgan fingerprint density at radius 1 is 1.39 bits per heavy atom. The summed E-state index contributed by atoms with van der Waals surface area (Å²) >= 11 is 5.61. The number of carbonyl (C=O) groups excluding carboxylic acids is 1. The lowest BCUT2D eigenvalue weighted by molar-refractivity contribution is -0.141. The molecule has 124 valence electrons. The second-order valence-electron chi connectivity index (χ2n) is 4.87. The van der Waals surface area contributed by atoms with Crippen LogP contribution in [0.5, 0.6) is 0 Å². The Kier molecular flexibility index (Phi) is 4.93. The van der Waals surface area contributed by atoms with E-state index in [1.807, 2.05) is 0 Å². The molecule has 0 radical (unpaired) electrons. The lowest BCUT2D eigenvalue weighted by atomic mass is 10.2. The molecule has 0 atom stereocenters. The van der Waals surface area contributed by atoms with Gasteiger partial charge in [0.15, 0.2) is 0 Å². The van der Waals surface area contributed by atoms with Gasteiger partial charge in [0.1, 0.15) is 18.2 Å². The van der Waals surface area contributed by atoms with Crippen molar-refractivity contribution in [1.82, 2.24) is 14.5 Å². The Hall–Kier alpha value is -2.09. The summed E-state index contributed by atoms with van der Waals surface area (Å²) in [6.45, 7) is -1.40. The van der Waals surface area contributed by atoms with Gasteiger partial charge in [-0.1, -0.05) is 11.6 Å². The molecule has 23 heavy (non-hydrogen) atoms. The molecular weight excluding hydrogens is 338 g/mol.